The first-order valence-electron chi connectivity index (χ1n) is 7.27. The quantitative estimate of drug-likeness (QED) is 0.518. The van der Waals surface area contributed by atoms with Gasteiger partial charge < -0.3 is 9.84 Å². The van der Waals surface area contributed by atoms with Gasteiger partial charge in [-0.15, -0.1) is 0 Å². The number of carbonyl (C=O) groups excluding carboxylic acids is 1. The lowest BCUT2D eigenvalue weighted by Crippen LogP contribution is -2.43. The molecule has 2 aromatic rings. The summed E-state index contributed by atoms with van der Waals surface area (Å²) in [5.41, 5.74) is 0. The lowest BCUT2D eigenvalue weighted by atomic mass is 10.3. The van der Waals surface area contributed by atoms with Gasteiger partial charge in [-0.1, -0.05) is 12.1 Å². The molecule has 1 heterocycles. The van der Waals surface area contributed by atoms with Crippen molar-refractivity contribution in [1.82, 2.24) is 19.3 Å². The molecule has 0 atom stereocenters. The van der Waals surface area contributed by atoms with Crippen LogP contribution in [0.4, 0.5) is 10.7 Å². The van der Waals surface area contributed by atoms with Crippen LogP contribution < -0.4 is 10.1 Å². The van der Waals surface area contributed by atoms with E-state index in [2.05, 4.69) is 15.0 Å². The minimum Gasteiger partial charge on any atom is -0.507 e. The molecule has 0 aliphatic carbocycles. The molecule has 0 fully saturated rings. The van der Waals surface area contributed by atoms with Crippen molar-refractivity contribution in [2.24, 2.45) is 0 Å². The van der Waals surface area contributed by atoms with Crippen LogP contribution in [-0.2, 0) is 20.1 Å². The summed E-state index contributed by atoms with van der Waals surface area (Å²) in [4.78, 5) is 22.9. The van der Waals surface area contributed by atoms with Crippen LogP contribution in [0.5, 0.6) is 11.8 Å². The largest absolute Gasteiger partial charge is 0.507 e. The summed E-state index contributed by atoms with van der Waals surface area (Å²) in [7, 11) is -8.60. The molecular weight excluding hydrogens is 418 g/mol. The predicted octanol–water partition coefficient (Wildman–Crippen LogP) is -0.0377. The molecule has 0 radical (unpaired) electrons. The number of ether oxygens (including phenoxy) is 1. The van der Waals surface area contributed by atoms with E-state index in [4.69, 9.17) is 9.29 Å². The van der Waals surface area contributed by atoms with Crippen LogP contribution in [-0.4, -0.2) is 64.8 Å². The van der Waals surface area contributed by atoms with Crippen LogP contribution in [0.25, 0.3) is 0 Å². The van der Waals surface area contributed by atoms with Gasteiger partial charge in [-0.05, 0) is 19.1 Å². The maximum atomic E-state index is 12.7. The van der Waals surface area contributed by atoms with E-state index >= 15 is 0 Å². The van der Waals surface area contributed by atoms with Crippen LogP contribution in [0, 0.1) is 6.92 Å². The van der Waals surface area contributed by atoms with Crippen LogP contribution in [0.1, 0.15) is 5.82 Å². The van der Waals surface area contributed by atoms with E-state index in [9.17, 15) is 26.7 Å². The van der Waals surface area contributed by atoms with E-state index in [-0.39, 0.29) is 16.1 Å². The summed E-state index contributed by atoms with van der Waals surface area (Å²) in [6.45, 7) is 1.44. The summed E-state index contributed by atoms with van der Waals surface area (Å²) in [6.07, 6.45) is 0. The van der Waals surface area contributed by atoms with Gasteiger partial charge >= 0.3 is 12.0 Å². The minimum atomic E-state index is -4.96. The maximum absolute atomic E-state index is 12.7. The SMILES string of the molecule is COc1nc(C)nc(NC(=O)N(CS(=O)(=O)O)S(=O)(=O)c2ccccc2O)n1. The van der Waals surface area contributed by atoms with Gasteiger partial charge in [-0.3, -0.25) is 9.87 Å². The predicted molar refractivity (Wildman–Crippen MR) is 93.7 cm³/mol. The second-order valence-corrected chi connectivity index (χ2v) is 8.41. The zero-order chi connectivity index (χ0) is 21.1. The topological polar surface area (TPSA) is 189 Å². The highest BCUT2D eigenvalue weighted by Gasteiger charge is 2.35. The Balaban J connectivity index is 2.47. The first-order valence-corrected chi connectivity index (χ1v) is 10.3. The van der Waals surface area contributed by atoms with Crippen molar-refractivity contribution in [2.75, 3.05) is 18.3 Å². The molecule has 3 N–H and O–H groups in total. The number of para-hydroxylation sites is 1. The van der Waals surface area contributed by atoms with E-state index < -0.39 is 48.6 Å². The lowest BCUT2D eigenvalue weighted by Gasteiger charge is -2.21. The van der Waals surface area contributed by atoms with Crippen molar-refractivity contribution in [3.63, 3.8) is 0 Å². The highest BCUT2D eigenvalue weighted by molar-refractivity contribution is 7.91. The number of phenols is 1. The molecule has 13 nitrogen and oxygen atoms in total. The number of aromatic nitrogens is 3. The third-order valence-corrected chi connectivity index (χ3v) is 5.59. The Morgan fingerprint density at radius 2 is 1.82 bits per heavy atom. The van der Waals surface area contributed by atoms with Gasteiger partial charge in [-0.25, -0.2) is 13.2 Å². The van der Waals surface area contributed by atoms with Crippen LogP contribution in [0.3, 0.4) is 0 Å². The molecule has 1 aromatic carbocycles. The Morgan fingerprint density at radius 1 is 1.18 bits per heavy atom. The second kappa shape index (κ2) is 7.91. The summed E-state index contributed by atoms with van der Waals surface area (Å²) >= 11 is 0. The molecule has 0 spiro atoms. The average Bonchev–Trinajstić information content (AvgIpc) is 2.58. The molecule has 0 bridgehead atoms. The third kappa shape index (κ3) is 5.02. The molecule has 2 amide bonds. The van der Waals surface area contributed by atoms with Gasteiger partial charge in [0.15, 0.2) is 5.88 Å². The number of hydrogen-bond donors (Lipinski definition) is 3. The van der Waals surface area contributed by atoms with Crippen LogP contribution in [0.15, 0.2) is 29.2 Å². The number of hydrogen-bond acceptors (Lipinski definition) is 10. The van der Waals surface area contributed by atoms with Gasteiger partial charge in [0.25, 0.3) is 20.1 Å². The van der Waals surface area contributed by atoms with Crippen LogP contribution >= 0.6 is 0 Å². The monoisotopic (exact) mass is 433 g/mol. The van der Waals surface area contributed by atoms with Gasteiger partial charge in [0, 0.05) is 0 Å². The molecule has 152 valence electrons. The Kier molecular flexibility index (Phi) is 6.01. The molecular formula is C13H15N5O8S2. The van der Waals surface area contributed by atoms with Gasteiger partial charge in [0.05, 0.1) is 7.11 Å². The summed E-state index contributed by atoms with van der Waals surface area (Å²) in [6, 6.07) is 2.85. The number of benzene rings is 1. The van der Waals surface area contributed by atoms with E-state index in [0.29, 0.717) is 0 Å². The third-order valence-electron chi connectivity index (χ3n) is 3.07. The summed E-state index contributed by atoms with van der Waals surface area (Å²) < 4.78 is 61.6. The second-order valence-electron chi connectivity index (χ2n) is 5.16. The number of anilines is 1. The Morgan fingerprint density at radius 3 is 2.39 bits per heavy atom. The Hall–Kier alpha value is -3.04. The zero-order valence-corrected chi connectivity index (χ0v) is 16.1. The number of nitrogens with zero attached hydrogens (tertiary/aromatic N) is 4. The number of amides is 2. The molecule has 0 saturated heterocycles. The fraction of sp³-hybridized carbons (Fsp3) is 0.231. The molecule has 0 aliphatic heterocycles. The fourth-order valence-corrected chi connectivity index (χ4v) is 4.39. The smallest absolute Gasteiger partial charge is 0.339 e. The van der Waals surface area contributed by atoms with E-state index in [0.717, 1.165) is 12.1 Å². The molecule has 0 aliphatic rings. The molecule has 28 heavy (non-hydrogen) atoms. The number of phenolic OH excluding ortho intramolecular Hbond substituents is 1. The number of nitrogens with one attached hydrogen (secondary N) is 1. The molecule has 0 unspecified atom stereocenters. The van der Waals surface area contributed by atoms with Crippen molar-refractivity contribution in [3.8, 4) is 11.8 Å². The average molecular weight is 433 g/mol. The van der Waals surface area contributed by atoms with Gasteiger partial charge in [-0.2, -0.15) is 27.7 Å². The van der Waals surface area contributed by atoms with Crippen molar-refractivity contribution in [3.05, 3.63) is 30.1 Å². The number of aryl methyl sites for hydroxylation is 1. The number of sulfonamides is 1. The lowest BCUT2D eigenvalue weighted by molar-refractivity contribution is 0.238. The molecule has 2 rings (SSSR count). The van der Waals surface area contributed by atoms with Crippen molar-refractivity contribution < 1.29 is 36.0 Å². The van der Waals surface area contributed by atoms with E-state index in [1.165, 1.54) is 26.2 Å². The number of carbonyl (C=O) groups is 1. The van der Waals surface area contributed by atoms with Gasteiger partial charge in [0.1, 0.15) is 16.5 Å². The fourth-order valence-electron chi connectivity index (χ4n) is 1.94. The zero-order valence-electron chi connectivity index (χ0n) is 14.5. The molecule has 0 saturated carbocycles. The van der Waals surface area contributed by atoms with Crippen LogP contribution in [0.2, 0.25) is 0 Å². The van der Waals surface area contributed by atoms with E-state index in [1.807, 2.05) is 5.32 Å². The highest BCUT2D eigenvalue weighted by atomic mass is 32.2. The number of urea groups is 1. The number of aromatic hydroxyl groups is 1. The highest BCUT2D eigenvalue weighted by Crippen LogP contribution is 2.26. The van der Waals surface area contributed by atoms with Crippen molar-refractivity contribution in [2.45, 2.75) is 11.8 Å². The Bertz CT molecular complexity index is 1100. The minimum absolute atomic E-state index is 0.118. The maximum Gasteiger partial charge on any atom is 0.339 e. The van der Waals surface area contributed by atoms with Crippen molar-refractivity contribution in [1.29, 1.82) is 0 Å². The van der Waals surface area contributed by atoms with Crippen molar-refractivity contribution >= 4 is 32.1 Å². The summed E-state index contributed by atoms with van der Waals surface area (Å²) in [5, 5.41) is 11.8. The molecule has 15 heteroatoms. The first-order chi connectivity index (χ1) is 12.9. The van der Waals surface area contributed by atoms with E-state index in [1.54, 1.807) is 0 Å². The number of rotatable bonds is 6. The first kappa shape index (κ1) is 21.3. The van der Waals surface area contributed by atoms with Gasteiger partial charge in [0.2, 0.25) is 5.95 Å². The standard InChI is InChI=1S/C13H15N5O8S2/c1-8-14-11(16-12(15-8)26-2)17-13(20)18(7-27(21,22)23)28(24,25)10-6-4-3-5-9(10)19/h3-6,19H,7H2,1-2H3,(H,21,22,23)(H,14,15,16,17,20). The Labute approximate surface area is 159 Å². The number of methoxy groups -OCH3 is 1. The normalized spacial score (nSPS) is 11.7. The summed E-state index contributed by atoms with van der Waals surface area (Å²) in [5.74, 6) is -2.65. The molecule has 1 aromatic heterocycles.